The second kappa shape index (κ2) is 6.91. The molecule has 1 heterocycles. The van der Waals surface area contributed by atoms with Gasteiger partial charge in [-0.3, -0.25) is 9.59 Å². The fourth-order valence-electron chi connectivity index (χ4n) is 2.90. The molecule has 1 aliphatic heterocycles. The average Bonchev–Trinajstić information content (AvgIpc) is 2.63. The minimum atomic E-state index is -4.16. The largest absolute Gasteiger partial charge is 0.378 e. The molecule has 0 unspecified atom stereocenters. The lowest BCUT2D eigenvalue weighted by Crippen LogP contribution is -2.43. The summed E-state index contributed by atoms with van der Waals surface area (Å²) in [6.45, 7) is 4.84. The van der Waals surface area contributed by atoms with Gasteiger partial charge in [0.15, 0.2) is 4.91 Å². The van der Waals surface area contributed by atoms with E-state index in [2.05, 4.69) is 11.3 Å². The number of fused-ring (bicyclic) bond motifs is 1. The van der Waals surface area contributed by atoms with Gasteiger partial charge in [0.2, 0.25) is 21.6 Å². The van der Waals surface area contributed by atoms with E-state index in [0.29, 0.717) is 26.3 Å². The first-order chi connectivity index (χ1) is 12.0. The number of carbonyl (C=O) groups is 2. The van der Waals surface area contributed by atoms with Gasteiger partial charge < -0.3 is 9.64 Å². The van der Waals surface area contributed by atoms with Crippen LogP contribution in [-0.2, 0) is 14.8 Å². The van der Waals surface area contributed by atoms with Crippen LogP contribution in [0.15, 0.2) is 47.5 Å². The number of sulfonamides is 1. The second-order valence-electron chi connectivity index (χ2n) is 5.62. The van der Waals surface area contributed by atoms with E-state index in [1.807, 2.05) is 0 Å². The van der Waals surface area contributed by atoms with Crippen molar-refractivity contribution in [3.8, 4) is 0 Å². The summed E-state index contributed by atoms with van der Waals surface area (Å²) in [5.41, 5.74) is 0.240. The molecule has 1 saturated heterocycles. The van der Waals surface area contributed by atoms with E-state index in [-0.39, 0.29) is 23.4 Å². The van der Waals surface area contributed by atoms with Gasteiger partial charge in [-0.1, -0.05) is 30.3 Å². The van der Waals surface area contributed by atoms with Crippen molar-refractivity contribution in [3.05, 3.63) is 58.6 Å². The number of allylic oxidation sites excluding steroid dienone is 2. The minimum Gasteiger partial charge on any atom is -0.378 e. The van der Waals surface area contributed by atoms with Crippen molar-refractivity contribution in [1.82, 2.24) is 9.62 Å². The van der Waals surface area contributed by atoms with Gasteiger partial charge in [0.25, 0.3) is 0 Å². The highest BCUT2D eigenvalue weighted by Gasteiger charge is 2.41. The quantitative estimate of drug-likeness (QED) is 0.776. The molecule has 0 spiro atoms. The number of morpholine rings is 1. The van der Waals surface area contributed by atoms with Crippen LogP contribution in [0.2, 0.25) is 0 Å². The van der Waals surface area contributed by atoms with Gasteiger partial charge in [-0.15, -0.1) is 6.58 Å². The van der Waals surface area contributed by atoms with Crippen LogP contribution in [0.3, 0.4) is 0 Å². The van der Waals surface area contributed by atoms with Crippen molar-refractivity contribution in [2.75, 3.05) is 32.8 Å². The predicted molar refractivity (Wildman–Crippen MR) is 91.6 cm³/mol. The fraction of sp³-hybridized carbons (Fsp3) is 0.294. The number of hydrogen-bond acceptors (Lipinski definition) is 6. The summed E-state index contributed by atoms with van der Waals surface area (Å²) < 4.78 is 33.0. The predicted octanol–water partition coefficient (Wildman–Crippen LogP) is 0.715. The smallest absolute Gasteiger partial charge is 0.246 e. The molecular formula is C17H18N2O5S. The highest BCUT2D eigenvalue weighted by molar-refractivity contribution is 7.94. The Bertz CT molecular complexity index is 867. The first-order valence-corrected chi connectivity index (χ1v) is 9.31. The molecule has 1 aromatic carbocycles. The van der Waals surface area contributed by atoms with Crippen LogP contribution < -0.4 is 4.72 Å². The van der Waals surface area contributed by atoms with Gasteiger partial charge in [0.05, 0.1) is 13.2 Å². The minimum absolute atomic E-state index is 0.0364. The highest BCUT2D eigenvalue weighted by Crippen LogP contribution is 2.31. The molecule has 25 heavy (non-hydrogen) atoms. The van der Waals surface area contributed by atoms with Crippen molar-refractivity contribution >= 4 is 21.6 Å². The summed E-state index contributed by atoms with van der Waals surface area (Å²) >= 11 is 0. The summed E-state index contributed by atoms with van der Waals surface area (Å²) in [4.78, 5) is 27.0. The van der Waals surface area contributed by atoms with Crippen LogP contribution in [0.4, 0.5) is 0 Å². The molecule has 0 amide bonds. The molecular weight excluding hydrogens is 344 g/mol. The van der Waals surface area contributed by atoms with Gasteiger partial charge in [0.1, 0.15) is 5.70 Å². The number of rotatable bonds is 5. The van der Waals surface area contributed by atoms with Crippen LogP contribution in [0.1, 0.15) is 20.7 Å². The third-order valence-corrected chi connectivity index (χ3v) is 5.53. The SMILES string of the molecule is C=CCNS(=O)(=O)C1=C(N2CCOCC2)C(=O)c2ccccc2C1=O. The van der Waals surface area contributed by atoms with Crippen molar-refractivity contribution < 1.29 is 22.7 Å². The van der Waals surface area contributed by atoms with Crippen LogP contribution in [-0.4, -0.2) is 57.7 Å². The molecule has 8 heteroatoms. The molecule has 3 rings (SSSR count). The number of Topliss-reactive ketones (excluding diaryl/α,β-unsaturated/α-hetero) is 2. The van der Waals surface area contributed by atoms with E-state index < -0.39 is 26.5 Å². The van der Waals surface area contributed by atoms with Crippen LogP contribution in [0.25, 0.3) is 0 Å². The summed E-state index contributed by atoms with van der Waals surface area (Å²) in [6, 6.07) is 6.26. The average molecular weight is 362 g/mol. The Morgan fingerprint density at radius 2 is 1.72 bits per heavy atom. The first kappa shape index (κ1) is 17.5. The van der Waals surface area contributed by atoms with Crippen molar-refractivity contribution in [1.29, 1.82) is 0 Å². The molecule has 1 fully saturated rings. The molecule has 0 saturated carbocycles. The van der Waals surface area contributed by atoms with Gasteiger partial charge >= 0.3 is 0 Å². The van der Waals surface area contributed by atoms with Gasteiger partial charge in [-0.05, 0) is 0 Å². The Morgan fingerprint density at radius 3 is 2.32 bits per heavy atom. The Kier molecular flexibility index (Phi) is 4.85. The second-order valence-corrected chi connectivity index (χ2v) is 7.33. The summed E-state index contributed by atoms with van der Waals surface area (Å²) in [6.07, 6.45) is 1.37. The monoisotopic (exact) mass is 362 g/mol. The van der Waals surface area contributed by atoms with Crippen LogP contribution in [0.5, 0.6) is 0 Å². The molecule has 7 nitrogen and oxygen atoms in total. The Hall–Kier alpha value is -2.29. The van der Waals surface area contributed by atoms with Crippen molar-refractivity contribution in [2.45, 2.75) is 0 Å². The molecule has 0 aromatic heterocycles. The zero-order valence-corrected chi connectivity index (χ0v) is 14.3. The van der Waals surface area contributed by atoms with Gasteiger partial charge in [-0.2, -0.15) is 0 Å². The highest BCUT2D eigenvalue weighted by atomic mass is 32.2. The lowest BCUT2D eigenvalue weighted by molar-refractivity contribution is 0.0499. The number of ether oxygens (including phenoxy) is 1. The molecule has 1 aliphatic carbocycles. The summed E-state index contributed by atoms with van der Waals surface area (Å²) in [5, 5.41) is 0. The first-order valence-electron chi connectivity index (χ1n) is 7.83. The van der Waals surface area contributed by atoms with E-state index in [1.165, 1.54) is 18.2 Å². The van der Waals surface area contributed by atoms with E-state index in [1.54, 1.807) is 17.0 Å². The standard InChI is InChI=1S/C17H18N2O5S/c1-2-7-18-25(22,23)17-14(19-8-10-24-11-9-19)15(20)12-5-3-4-6-13(12)16(17)21/h2-6,18H,1,7-11H2. The summed E-state index contributed by atoms with van der Waals surface area (Å²) in [7, 11) is -4.16. The normalized spacial score (nSPS) is 18.3. The maximum Gasteiger partial charge on any atom is 0.246 e. The molecule has 132 valence electrons. The number of carbonyl (C=O) groups excluding carboxylic acids is 2. The van der Waals surface area contributed by atoms with Crippen LogP contribution >= 0.6 is 0 Å². The maximum absolute atomic E-state index is 13.0. The van der Waals surface area contributed by atoms with E-state index in [9.17, 15) is 18.0 Å². The lowest BCUT2D eigenvalue weighted by atomic mass is 9.91. The Morgan fingerprint density at radius 1 is 1.12 bits per heavy atom. The van der Waals surface area contributed by atoms with Gasteiger partial charge in [-0.25, -0.2) is 13.1 Å². The van der Waals surface area contributed by atoms with Gasteiger partial charge in [0, 0.05) is 30.8 Å². The van der Waals surface area contributed by atoms with Crippen molar-refractivity contribution in [2.24, 2.45) is 0 Å². The van der Waals surface area contributed by atoms with E-state index in [0.717, 1.165) is 0 Å². The van der Waals surface area contributed by atoms with E-state index in [4.69, 9.17) is 4.74 Å². The number of benzene rings is 1. The molecule has 0 atom stereocenters. The third kappa shape index (κ3) is 3.15. The Labute approximate surface area is 146 Å². The zero-order chi connectivity index (χ0) is 18.0. The van der Waals surface area contributed by atoms with Crippen molar-refractivity contribution in [3.63, 3.8) is 0 Å². The number of nitrogens with zero attached hydrogens (tertiary/aromatic N) is 1. The van der Waals surface area contributed by atoms with E-state index >= 15 is 0 Å². The third-order valence-electron chi connectivity index (χ3n) is 4.07. The number of ketones is 2. The Balaban J connectivity index is 2.19. The molecule has 2 aliphatic rings. The summed E-state index contributed by atoms with van der Waals surface area (Å²) in [5.74, 6) is -1.13. The fourth-order valence-corrected chi connectivity index (χ4v) is 4.22. The molecule has 1 aromatic rings. The zero-order valence-electron chi connectivity index (χ0n) is 13.5. The maximum atomic E-state index is 13.0. The molecule has 0 radical (unpaired) electrons. The number of nitrogens with one attached hydrogen (secondary N) is 1. The molecule has 1 N–H and O–H groups in total. The topological polar surface area (TPSA) is 92.8 Å². The number of hydrogen-bond donors (Lipinski definition) is 1. The van der Waals surface area contributed by atoms with Crippen LogP contribution in [0, 0.1) is 0 Å². The lowest BCUT2D eigenvalue weighted by Gasteiger charge is -2.33. The molecule has 0 bridgehead atoms.